The summed E-state index contributed by atoms with van der Waals surface area (Å²) in [5.41, 5.74) is 0.223. The second kappa shape index (κ2) is 18.1. The van der Waals surface area contributed by atoms with E-state index in [1.165, 1.54) is 12.1 Å². The van der Waals surface area contributed by atoms with Crippen LogP contribution in [-0.2, 0) is 36.7 Å². The number of alkyl halides is 12. The fourth-order valence-electron chi connectivity index (χ4n) is 4.85. The number of hydrogen-bond donors (Lipinski definition) is 1. The van der Waals surface area contributed by atoms with Gasteiger partial charge >= 0.3 is 24.7 Å². The molecule has 1 atom stereocenters. The molecule has 0 amide bonds. The third-order valence-corrected chi connectivity index (χ3v) is 8.82. The fraction of sp³-hybridized carbons (Fsp3) is 0.162. The molecule has 0 bridgehead atoms. The topological polar surface area (TPSA) is 49.8 Å². The first-order valence-electron chi connectivity index (χ1n) is 15.0. The average Bonchev–Trinajstić information content (AvgIpc) is 3.07. The molecule has 5 aromatic carbocycles. The third kappa shape index (κ3) is 12.8. The summed E-state index contributed by atoms with van der Waals surface area (Å²) in [4.78, 5) is 0. The fourth-order valence-corrected chi connectivity index (χ4v) is 6.64. The maximum absolute atomic E-state index is 13.9. The monoisotopic (exact) mass is 996 g/mol. The summed E-state index contributed by atoms with van der Waals surface area (Å²) in [5.74, 6) is -2.87. The van der Waals surface area contributed by atoms with Gasteiger partial charge in [0.1, 0.15) is 11.6 Å². The second-order valence-electron chi connectivity index (χ2n) is 11.5. The van der Waals surface area contributed by atoms with Gasteiger partial charge in [-0.3, -0.25) is 0 Å². The third-order valence-electron chi connectivity index (χ3n) is 7.44. The number of rotatable bonds is 4. The predicted molar refractivity (Wildman–Crippen MR) is 189 cm³/mol. The first-order chi connectivity index (χ1) is 25.6. The summed E-state index contributed by atoms with van der Waals surface area (Å²) in [5, 5.41) is 8.28. The Balaban J connectivity index is 0.000000275. The normalized spacial score (nSPS) is 13.0. The largest absolute Gasteiger partial charge is 0.419 e. The van der Waals surface area contributed by atoms with Crippen LogP contribution in [0.4, 0.5) is 61.5 Å². The minimum atomic E-state index is -5.00. The summed E-state index contributed by atoms with van der Waals surface area (Å²) < 4.78 is 180. The zero-order chi connectivity index (χ0) is 42.4. The van der Waals surface area contributed by atoms with Gasteiger partial charge in [0, 0.05) is 13.4 Å². The van der Waals surface area contributed by atoms with Crippen LogP contribution in [0.2, 0.25) is 0 Å². The van der Waals surface area contributed by atoms with Crippen LogP contribution < -0.4 is 5.73 Å². The molecule has 0 aliphatic rings. The number of benzene rings is 5. The zero-order valence-corrected chi connectivity index (χ0v) is 32.2. The number of halogens is 17. The molecule has 5 rings (SSSR count). The summed E-state index contributed by atoms with van der Waals surface area (Å²) in [7, 11) is 0. The van der Waals surface area contributed by atoms with Crippen LogP contribution in [0.25, 0.3) is 0 Å². The number of nitrogens with zero attached hydrogens (tertiary/aromatic N) is 1. The first-order valence-corrected chi connectivity index (χ1v) is 17.4. The molecule has 298 valence electrons. The van der Waals surface area contributed by atoms with Crippen molar-refractivity contribution in [3.05, 3.63) is 173 Å². The van der Waals surface area contributed by atoms with E-state index in [0.29, 0.717) is 38.8 Å². The van der Waals surface area contributed by atoms with Crippen molar-refractivity contribution in [3.8, 4) is 6.07 Å². The minimum Gasteiger partial charge on any atom is -0.317 e. The number of hydrogen-bond acceptors (Lipinski definition) is 2. The molecule has 56 heavy (non-hydrogen) atoms. The van der Waals surface area contributed by atoms with E-state index in [9.17, 15) is 61.5 Å². The molecule has 0 aromatic heterocycles. The Morgan fingerprint density at radius 3 is 1.38 bits per heavy atom. The molecule has 0 radical (unpaired) electrons. The van der Waals surface area contributed by atoms with Crippen LogP contribution in [0.1, 0.15) is 44.5 Å². The molecule has 0 aliphatic heterocycles. The number of nitrogens with two attached hydrogens (primary N) is 1. The molecular formula is C37H21Br3F14N2. The average molecular weight is 999 g/mol. The van der Waals surface area contributed by atoms with E-state index in [-0.39, 0.29) is 27.6 Å². The quantitative estimate of drug-likeness (QED) is 0.182. The summed E-state index contributed by atoms with van der Waals surface area (Å²) in [6.45, 7) is 0. The maximum atomic E-state index is 13.9. The van der Waals surface area contributed by atoms with Gasteiger partial charge in [0.05, 0.1) is 39.4 Å². The molecule has 1 unspecified atom stereocenters. The van der Waals surface area contributed by atoms with Crippen molar-refractivity contribution < 1.29 is 61.5 Å². The Hall–Kier alpha value is -3.99. The maximum Gasteiger partial charge on any atom is 0.419 e. The zero-order valence-electron chi connectivity index (χ0n) is 27.5. The molecule has 0 aliphatic carbocycles. The van der Waals surface area contributed by atoms with Gasteiger partial charge in [0.2, 0.25) is 0 Å². The van der Waals surface area contributed by atoms with Crippen molar-refractivity contribution in [2.24, 2.45) is 5.73 Å². The Kier molecular flexibility index (Phi) is 15.0. The van der Waals surface area contributed by atoms with E-state index in [2.05, 4.69) is 47.8 Å². The van der Waals surface area contributed by atoms with Gasteiger partial charge < -0.3 is 5.73 Å². The van der Waals surface area contributed by atoms with E-state index < -0.39 is 64.1 Å². The highest BCUT2D eigenvalue weighted by atomic mass is 79.9. The molecule has 0 fully saturated rings. The van der Waals surface area contributed by atoms with Gasteiger partial charge in [-0.25, -0.2) is 8.78 Å². The summed E-state index contributed by atoms with van der Waals surface area (Å²) >= 11 is 8.97. The Labute approximate surface area is 334 Å². The molecular weight excluding hydrogens is 978 g/mol. The molecule has 0 saturated heterocycles. The standard InChI is InChI=1S/C22H15BrF7N.C8H3F4N.C7H3Br2F3/c23-17-9-15(8-16(10-17)21(25,26)27)20(31,12-13-4-2-1-3-5-13)14-6-7-19(24)18(11-14)22(28,29)30;9-7-2-1-5(4-13)3-6(7)8(10,11)12;8-5-1-4(7(10,11)12)2-6(9)3-5/h1-11H,12,31H2;1-3H;1-3H. The molecule has 19 heteroatoms. The van der Waals surface area contributed by atoms with Crippen molar-refractivity contribution in [3.63, 3.8) is 0 Å². The van der Waals surface area contributed by atoms with Crippen LogP contribution in [0.3, 0.4) is 0 Å². The Morgan fingerprint density at radius 2 is 0.911 bits per heavy atom. The van der Waals surface area contributed by atoms with Crippen molar-refractivity contribution in [1.82, 2.24) is 0 Å². The van der Waals surface area contributed by atoms with Crippen LogP contribution in [0, 0.1) is 23.0 Å². The molecule has 2 N–H and O–H groups in total. The minimum absolute atomic E-state index is 0.0540. The lowest BCUT2D eigenvalue weighted by Gasteiger charge is -2.32. The number of nitriles is 1. The lowest BCUT2D eigenvalue weighted by Crippen LogP contribution is -2.41. The van der Waals surface area contributed by atoms with Crippen LogP contribution in [0.5, 0.6) is 0 Å². The van der Waals surface area contributed by atoms with Crippen LogP contribution in [0.15, 0.2) is 117 Å². The van der Waals surface area contributed by atoms with Gasteiger partial charge in [-0.2, -0.15) is 57.9 Å². The van der Waals surface area contributed by atoms with E-state index >= 15 is 0 Å². The Morgan fingerprint density at radius 1 is 0.482 bits per heavy atom. The van der Waals surface area contributed by atoms with Crippen LogP contribution >= 0.6 is 47.8 Å². The summed E-state index contributed by atoms with van der Waals surface area (Å²) in [6.07, 6.45) is -18.9. The highest BCUT2D eigenvalue weighted by Crippen LogP contribution is 2.41. The van der Waals surface area contributed by atoms with Gasteiger partial charge in [-0.1, -0.05) is 84.2 Å². The molecule has 0 heterocycles. The van der Waals surface area contributed by atoms with Crippen molar-refractivity contribution >= 4 is 47.8 Å². The van der Waals surface area contributed by atoms with Crippen molar-refractivity contribution in [2.45, 2.75) is 36.7 Å². The molecule has 5 aromatic rings. The smallest absolute Gasteiger partial charge is 0.317 e. The van der Waals surface area contributed by atoms with Gasteiger partial charge in [-0.05, 0) is 89.8 Å². The van der Waals surface area contributed by atoms with Gasteiger partial charge in [0.15, 0.2) is 0 Å². The van der Waals surface area contributed by atoms with Gasteiger partial charge in [-0.15, -0.1) is 0 Å². The van der Waals surface area contributed by atoms with E-state index in [0.717, 1.165) is 36.4 Å². The Bertz CT molecular complexity index is 2160. The van der Waals surface area contributed by atoms with E-state index in [1.54, 1.807) is 36.4 Å². The van der Waals surface area contributed by atoms with Crippen molar-refractivity contribution in [1.29, 1.82) is 5.26 Å². The molecule has 0 spiro atoms. The molecule has 0 saturated carbocycles. The highest BCUT2D eigenvalue weighted by Gasteiger charge is 2.40. The molecule has 2 nitrogen and oxygen atoms in total. The highest BCUT2D eigenvalue weighted by molar-refractivity contribution is 9.11. The van der Waals surface area contributed by atoms with Crippen molar-refractivity contribution in [2.75, 3.05) is 0 Å². The van der Waals surface area contributed by atoms with Gasteiger partial charge in [0.25, 0.3) is 0 Å². The lowest BCUT2D eigenvalue weighted by atomic mass is 9.78. The van der Waals surface area contributed by atoms with Crippen LogP contribution in [-0.4, -0.2) is 0 Å². The first kappa shape index (κ1) is 46.4. The van der Waals surface area contributed by atoms with E-state index in [4.69, 9.17) is 11.0 Å². The second-order valence-corrected chi connectivity index (χ2v) is 14.3. The lowest BCUT2D eigenvalue weighted by molar-refractivity contribution is -0.140. The predicted octanol–water partition coefficient (Wildman–Crippen LogP) is 14.0. The SMILES string of the molecule is FC(F)(F)c1cc(Br)cc(Br)c1.N#Cc1ccc(F)c(C(F)(F)F)c1.NC(Cc1ccccc1)(c1cc(Br)cc(C(F)(F)F)c1)c1ccc(F)c(C(F)(F)F)c1. The summed E-state index contributed by atoms with van der Waals surface area (Å²) in [6, 6.07) is 20.7. The van der Waals surface area contributed by atoms with E-state index in [1.807, 2.05) is 0 Å².